The summed E-state index contributed by atoms with van der Waals surface area (Å²) in [6, 6.07) is 3.02. The molecule has 0 bridgehead atoms. The van der Waals surface area contributed by atoms with E-state index in [1.165, 1.54) is 6.07 Å². The fraction of sp³-hybridized carbons (Fsp3) is 0.308. The summed E-state index contributed by atoms with van der Waals surface area (Å²) in [5, 5.41) is 2.50. The molecular weight excluding hydrogens is 224 g/mol. The van der Waals surface area contributed by atoms with Gasteiger partial charge in [-0.25, -0.2) is 8.78 Å². The monoisotopic (exact) mass is 237 g/mol. The largest absolute Gasteiger partial charge is 0.348 e. The zero-order chi connectivity index (χ0) is 12.8. The van der Waals surface area contributed by atoms with Crippen LogP contribution in [0.15, 0.2) is 18.2 Å². The smallest absolute Gasteiger partial charge is 0.257 e. The first kappa shape index (κ1) is 13.2. The van der Waals surface area contributed by atoms with Crippen LogP contribution in [-0.2, 0) is 0 Å². The van der Waals surface area contributed by atoms with Crippen LogP contribution < -0.4 is 5.32 Å². The van der Waals surface area contributed by atoms with Crippen molar-refractivity contribution in [2.24, 2.45) is 0 Å². The predicted octanol–water partition coefficient (Wildman–Crippen LogP) is 2.50. The summed E-state index contributed by atoms with van der Waals surface area (Å²) < 4.78 is 26.6. The molecule has 4 heteroatoms. The van der Waals surface area contributed by atoms with Crippen molar-refractivity contribution in [3.63, 3.8) is 0 Å². The molecule has 0 aromatic heterocycles. The maximum atomic E-state index is 13.3. The van der Waals surface area contributed by atoms with Gasteiger partial charge in [-0.05, 0) is 18.6 Å². The predicted molar refractivity (Wildman–Crippen MR) is 61.4 cm³/mol. The Kier molecular flexibility index (Phi) is 4.65. The van der Waals surface area contributed by atoms with Crippen molar-refractivity contribution in [3.05, 3.63) is 35.4 Å². The number of nitrogens with one attached hydrogen (secondary N) is 1. The van der Waals surface area contributed by atoms with Gasteiger partial charge in [0.05, 0.1) is 0 Å². The lowest BCUT2D eigenvalue weighted by Gasteiger charge is -2.14. The number of rotatable bonds is 4. The second kappa shape index (κ2) is 6.00. The molecule has 90 valence electrons. The van der Waals surface area contributed by atoms with Crippen LogP contribution in [0.3, 0.4) is 0 Å². The van der Waals surface area contributed by atoms with Crippen molar-refractivity contribution >= 4 is 5.91 Å². The molecular formula is C13H13F2NO. The Morgan fingerprint density at radius 3 is 2.53 bits per heavy atom. The molecule has 1 rings (SSSR count). The zero-order valence-corrected chi connectivity index (χ0v) is 9.47. The van der Waals surface area contributed by atoms with Crippen molar-refractivity contribution in [2.45, 2.75) is 25.8 Å². The van der Waals surface area contributed by atoms with E-state index in [-0.39, 0.29) is 6.04 Å². The first-order valence-electron chi connectivity index (χ1n) is 5.28. The number of carbonyl (C=O) groups is 1. The van der Waals surface area contributed by atoms with E-state index in [0.717, 1.165) is 12.1 Å². The Morgan fingerprint density at radius 1 is 1.47 bits per heavy atom. The van der Waals surface area contributed by atoms with Crippen LogP contribution in [0.2, 0.25) is 0 Å². The third kappa shape index (κ3) is 3.28. The van der Waals surface area contributed by atoms with Gasteiger partial charge >= 0.3 is 0 Å². The van der Waals surface area contributed by atoms with E-state index in [2.05, 4.69) is 11.2 Å². The summed E-state index contributed by atoms with van der Waals surface area (Å²) in [5.41, 5.74) is -0.567. The topological polar surface area (TPSA) is 29.1 Å². The van der Waals surface area contributed by atoms with Crippen LogP contribution in [-0.4, -0.2) is 11.9 Å². The molecule has 1 amide bonds. The van der Waals surface area contributed by atoms with E-state index >= 15 is 0 Å². The standard InChI is InChI=1S/C13H13F2NO/c1-3-6-9(4-2)16-13(17)12-10(14)7-5-8-11(12)15/h1,5,7-9H,4,6H2,2H3,(H,16,17). The van der Waals surface area contributed by atoms with Crippen LogP contribution in [0.4, 0.5) is 8.78 Å². The molecule has 2 nitrogen and oxygen atoms in total. The quantitative estimate of drug-likeness (QED) is 0.801. The average molecular weight is 237 g/mol. The van der Waals surface area contributed by atoms with Crippen LogP contribution in [0.5, 0.6) is 0 Å². The summed E-state index contributed by atoms with van der Waals surface area (Å²) in [7, 11) is 0. The third-order valence-electron chi connectivity index (χ3n) is 2.38. The van der Waals surface area contributed by atoms with Gasteiger partial charge in [-0.15, -0.1) is 12.3 Å². The van der Waals surface area contributed by atoms with Crippen LogP contribution >= 0.6 is 0 Å². The van der Waals surface area contributed by atoms with Gasteiger partial charge in [0, 0.05) is 12.5 Å². The molecule has 0 heterocycles. The molecule has 1 aromatic rings. The SMILES string of the molecule is C#CCC(CC)NC(=O)c1c(F)cccc1F. The highest BCUT2D eigenvalue weighted by molar-refractivity contribution is 5.94. The minimum absolute atomic E-state index is 0.272. The lowest BCUT2D eigenvalue weighted by Crippen LogP contribution is -2.35. The zero-order valence-electron chi connectivity index (χ0n) is 9.47. The Hall–Kier alpha value is -1.89. The molecule has 17 heavy (non-hydrogen) atoms. The first-order chi connectivity index (χ1) is 8.10. The van der Waals surface area contributed by atoms with E-state index in [1.54, 1.807) is 0 Å². The van der Waals surface area contributed by atoms with Crippen molar-refractivity contribution in [1.82, 2.24) is 5.32 Å². The first-order valence-corrected chi connectivity index (χ1v) is 5.28. The fourth-order valence-electron chi connectivity index (χ4n) is 1.41. The number of hydrogen-bond acceptors (Lipinski definition) is 1. The van der Waals surface area contributed by atoms with Gasteiger partial charge in [0.25, 0.3) is 5.91 Å². The van der Waals surface area contributed by atoms with Crippen LogP contribution in [0.25, 0.3) is 0 Å². The molecule has 0 aliphatic rings. The summed E-state index contributed by atoms with van der Waals surface area (Å²) in [4.78, 5) is 11.7. The molecule has 0 spiro atoms. The van der Waals surface area contributed by atoms with Gasteiger partial charge in [-0.1, -0.05) is 13.0 Å². The Bertz CT molecular complexity index is 431. The van der Waals surface area contributed by atoms with E-state index in [4.69, 9.17) is 6.42 Å². The number of benzene rings is 1. The van der Waals surface area contributed by atoms with Crippen molar-refractivity contribution < 1.29 is 13.6 Å². The highest BCUT2D eigenvalue weighted by Crippen LogP contribution is 2.12. The molecule has 0 fully saturated rings. The third-order valence-corrected chi connectivity index (χ3v) is 2.38. The minimum atomic E-state index is -0.877. The summed E-state index contributed by atoms with van der Waals surface area (Å²) in [6.45, 7) is 1.83. The molecule has 0 radical (unpaired) electrons. The van der Waals surface area contributed by atoms with Crippen LogP contribution in [0, 0.1) is 24.0 Å². The van der Waals surface area contributed by atoms with E-state index in [9.17, 15) is 13.6 Å². The van der Waals surface area contributed by atoms with E-state index in [0.29, 0.717) is 12.8 Å². The van der Waals surface area contributed by atoms with Crippen molar-refractivity contribution in [1.29, 1.82) is 0 Å². The molecule has 1 unspecified atom stereocenters. The number of amides is 1. The fourth-order valence-corrected chi connectivity index (χ4v) is 1.41. The number of carbonyl (C=O) groups excluding carboxylic acids is 1. The summed E-state index contributed by atoms with van der Waals surface area (Å²) in [5.74, 6) is -0.126. The van der Waals surface area contributed by atoms with Gasteiger partial charge in [-0.3, -0.25) is 4.79 Å². The normalized spacial score (nSPS) is 11.6. The molecule has 0 aliphatic carbocycles. The number of terminal acetylenes is 1. The van der Waals surface area contributed by atoms with Crippen molar-refractivity contribution in [3.8, 4) is 12.3 Å². The molecule has 0 saturated heterocycles. The number of halogens is 2. The molecule has 1 aromatic carbocycles. The lowest BCUT2D eigenvalue weighted by atomic mass is 10.1. The van der Waals surface area contributed by atoms with E-state index in [1.807, 2.05) is 6.92 Å². The summed E-state index contributed by atoms with van der Waals surface area (Å²) >= 11 is 0. The molecule has 0 saturated carbocycles. The Balaban J connectivity index is 2.87. The van der Waals surface area contributed by atoms with Gasteiger partial charge in [0.2, 0.25) is 0 Å². The number of hydrogen-bond donors (Lipinski definition) is 1. The van der Waals surface area contributed by atoms with Gasteiger partial charge < -0.3 is 5.32 Å². The highest BCUT2D eigenvalue weighted by atomic mass is 19.1. The van der Waals surface area contributed by atoms with Crippen LogP contribution in [0.1, 0.15) is 30.1 Å². The average Bonchev–Trinajstić information content (AvgIpc) is 2.28. The van der Waals surface area contributed by atoms with Crippen molar-refractivity contribution in [2.75, 3.05) is 0 Å². The Labute approximate surface area is 99.0 Å². The maximum absolute atomic E-state index is 13.3. The lowest BCUT2D eigenvalue weighted by molar-refractivity contribution is 0.0928. The minimum Gasteiger partial charge on any atom is -0.348 e. The van der Waals surface area contributed by atoms with Gasteiger partial charge in [0.15, 0.2) is 0 Å². The summed E-state index contributed by atoms with van der Waals surface area (Å²) in [6.07, 6.45) is 6.06. The molecule has 1 N–H and O–H groups in total. The second-order valence-electron chi connectivity index (χ2n) is 3.58. The van der Waals surface area contributed by atoms with Gasteiger partial charge in [0.1, 0.15) is 17.2 Å². The maximum Gasteiger partial charge on any atom is 0.257 e. The highest BCUT2D eigenvalue weighted by Gasteiger charge is 2.19. The van der Waals surface area contributed by atoms with Gasteiger partial charge in [-0.2, -0.15) is 0 Å². The molecule has 1 atom stereocenters. The molecule has 0 aliphatic heterocycles. The van der Waals surface area contributed by atoms with E-state index < -0.39 is 23.1 Å². The Morgan fingerprint density at radius 2 is 2.06 bits per heavy atom. The second-order valence-corrected chi connectivity index (χ2v) is 3.58.